The average Bonchev–Trinajstić information content (AvgIpc) is 2.53. The van der Waals surface area contributed by atoms with Crippen LogP contribution in [0.1, 0.15) is 11.1 Å². The van der Waals surface area contributed by atoms with Crippen molar-refractivity contribution in [2.45, 2.75) is 21.1 Å². The van der Waals surface area contributed by atoms with Crippen molar-refractivity contribution in [3.63, 3.8) is 0 Å². The maximum Gasteiger partial charge on any atom is 0.123 e. The van der Waals surface area contributed by atoms with Crippen LogP contribution < -0.4 is 0 Å². The van der Waals surface area contributed by atoms with Gasteiger partial charge in [0.1, 0.15) is 5.82 Å². The summed E-state index contributed by atoms with van der Waals surface area (Å²) in [6.07, 6.45) is 0.992. The highest BCUT2D eigenvalue weighted by Crippen LogP contribution is 2.56. The molecule has 1 aliphatic heterocycles. The van der Waals surface area contributed by atoms with E-state index < -0.39 is 10.9 Å². The van der Waals surface area contributed by atoms with E-state index in [1.165, 1.54) is 25.8 Å². The number of rotatable bonds is 1. The van der Waals surface area contributed by atoms with Gasteiger partial charge in [0.15, 0.2) is 0 Å². The fraction of sp³-hybridized carbons (Fsp3) is 0.0526. The summed E-state index contributed by atoms with van der Waals surface area (Å²) in [6.45, 7) is 0. The number of hydrogen-bond acceptors (Lipinski definition) is 0. The third-order valence-electron chi connectivity index (χ3n) is 3.93. The predicted octanol–water partition coefficient (Wildman–Crippen LogP) is 5.21. The van der Waals surface area contributed by atoms with E-state index in [0.717, 1.165) is 6.42 Å². The van der Waals surface area contributed by atoms with E-state index >= 15 is 0 Å². The van der Waals surface area contributed by atoms with Crippen molar-refractivity contribution in [3.05, 3.63) is 89.7 Å². The summed E-state index contributed by atoms with van der Waals surface area (Å²) in [5.74, 6) is -0.174. The summed E-state index contributed by atoms with van der Waals surface area (Å²) < 4.78 is 13.3. The first-order valence-electron chi connectivity index (χ1n) is 7.04. The summed E-state index contributed by atoms with van der Waals surface area (Å²) >= 11 is 0. The summed E-state index contributed by atoms with van der Waals surface area (Å²) in [5, 5.41) is 0. The molecule has 0 unspecified atom stereocenters. The Morgan fingerprint density at radius 3 is 1.76 bits per heavy atom. The first-order valence-corrected chi connectivity index (χ1v) is 8.38. The Balaban J connectivity index is 1.95. The molecule has 21 heavy (non-hydrogen) atoms. The van der Waals surface area contributed by atoms with Crippen LogP contribution in [0.5, 0.6) is 0 Å². The average molecular weight is 294 g/mol. The van der Waals surface area contributed by atoms with Gasteiger partial charge < -0.3 is 0 Å². The minimum Gasteiger partial charge on any atom is -0.207 e. The number of fused-ring (bicyclic) bond motifs is 2. The summed E-state index contributed by atoms with van der Waals surface area (Å²) in [7, 11) is -0.578. The van der Waals surface area contributed by atoms with Crippen molar-refractivity contribution in [2.24, 2.45) is 0 Å². The number of halogens is 1. The van der Waals surface area contributed by atoms with Crippen LogP contribution in [0.2, 0.25) is 0 Å². The van der Waals surface area contributed by atoms with Gasteiger partial charge in [-0.25, -0.2) is 4.39 Å². The maximum atomic E-state index is 13.3. The fourth-order valence-electron chi connectivity index (χ4n) is 2.96. The first-order chi connectivity index (χ1) is 10.3. The molecule has 0 aliphatic carbocycles. The molecule has 0 atom stereocenters. The topological polar surface area (TPSA) is 0 Å². The van der Waals surface area contributed by atoms with Crippen LogP contribution in [0.3, 0.4) is 0 Å². The van der Waals surface area contributed by atoms with Gasteiger partial charge in [0.05, 0.1) is 0 Å². The lowest BCUT2D eigenvalue weighted by Crippen LogP contribution is -2.04. The van der Waals surface area contributed by atoms with Gasteiger partial charge in [-0.05, 0) is 68.6 Å². The number of hydrogen-bond donors (Lipinski definition) is 1. The van der Waals surface area contributed by atoms with Crippen LogP contribution in [-0.2, 0) is 6.42 Å². The molecule has 0 radical (unpaired) electrons. The molecule has 1 aliphatic rings. The molecule has 0 spiro atoms. The maximum absolute atomic E-state index is 13.3. The van der Waals surface area contributed by atoms with Gasteiger partial charge in [-0.3, -0.25) is 0 Å². The van der Waals surface area contributed by atoms with Crippen molar-refractivity contribution in [1.82, 2.24) is 0 Å². The lowest BCUT2D eigenvalue weighted by atomic mass is 10.0. The molecule has 1 heterocycles. The highest BCUT2D eigenvalue weighted by molar-refractivity contribution is 8.17. The van der Waals surface area contributed by atoms with E-state index in [2.05, 4.69) is 48.5 Å². The molecule has 0 saturated heterocycles. The molecule has 4 rings (SSSR count). The minimum atomic E-state index is -0.578. The number of thiol groups is 1. The summed E-state index contributed by atoms with van der Waals surface area (Å²) in [4.78, 5) is 4.02. The second-order valence-corrected chi connectivity index (χ2v) is 7.40. The third-order valence-corrected chi connectivity index (χ3v) is 6.58. The van der Waals surface area contributed by atoms with Gasteiger partial charge in [0, 0.05) is 0 Å². The Labute approximate surface area is 126 Å². The van der Waals surface area contributed by atoms with E-state index in [4.69, 9.17) is 0 Å². The molecule has 104 valence electrons. The van der Waals surface area contributed by atoms with E-state index in [9.17, 15) is 4.39 Å². The lowest BCUT2D eigenvalue weighted by Gasteiger charge is -2.32. The first kappa shape index (κ1) is 12.7. The quantitative estimate of drug-likeness (QED) is 0.458. The van der Waals surface area contributed by atoms with Crippen LogP contribution in [0.15, 0.2) is 87.5 Å². The van der Waals surface area contributed by atoms with Crippen molar-refractivity contribution >= 4 is 10.9 Å². The molecular weight excluding hydrogens is 279 g/mol. The van der Waals surface area contributed by atoms with Gasteiger partial charge in [0.25, 0.3) is 0 Å². The molecular formula is C19H15FS. The molecule has 0 fully saturated rings. The van der Waals surface area contributed by atoms with Crippen LogP contribution in [0.25, 0.3) is 0 Å². The Morgan fingerprint density at radius 2 is 1.19 bits per heavy atom. The van der Waals surface area contributed by atoms with Crippen molar-refractivity contribution in [3.8, 4) is 0 Å². The fourth-order valence-corrected chi connectivity index (χ4v) is 5.58. The van der Waals surface area contributed by atoms with Crippen LogP contribution in [0, 0.1) is 5.82 Å². The molecule has 0 amide bonds. The zero-order chi connectivity index (χ0) is 14.2. The standard InChI is InChI=1S/C19H15FS/c20-16-9-11-17(12-10-16)21-18-7-3-1-5-14(18)13-15-6-2-4-8-19(15)21/h1-12,21H,13H2. The van der Waals surface area contributed by atoms with Crippen LogP contribution in [-0.4, -0.2) is 0 Å². The molecule has 0 nitrogen and oxygen atoms in total. The SMILES string of the molecule is Fc1ccc([SH]2c3ccccc3Cc3ccccc32)cc1. The van der Waals surface area contributed by atoms with Gasteiger partial charge in [-0.15, -0.1) is 0 Å². The molecule has 3 aromatic carbocycles. The van der Waals surface area contributed by atoms with Gasteiger partial charge in [-0.1, -0.05) is 36.4 Å². The second-order valence-electron chi connectivity index (χ2n) is 5.25. The number of benzene rings is 3. The smallest absolute Gasteiger partial charge is 0.123 e. The summed E-state index contributed by atoms with van der Waals surface area (Å²) in [6, 6.07) is 24.3. The van der Waals surface area contributed by atoms with Gasteiger partial charge >= 0.3 is 0 Å². The Kier molecular flexibility index (Phi) is 3.04. The molecule has 0 aromatic heterocycles. The molecule has 0 bridgehead atoms. The molecule has 0 saturated carbocycles. The van der Waals surface area contributed by atoms with Crippen LogP contribution >= 0.6 is 10.9 Å². The highest BCUT2D eigenvalue weighted by atomic mass is 32.2. The molecule has 3 aromatic rings. The monoisotopic (exact) mass is 294 g/mol. The van der Waals surface area contributed by atoms with E-state index in [-0.39, 0.29) is 5.82 Å². The van der Waals surface area contributed by atoms with Crippen molar-refractivity contribution in [1.29, 1.82) is 0 Å². The normalized spacial score (nSPS) is 14.4. The van der Waals surface area contributed by atoms with E-state index in [1.54, 1.807) is 12.1 Å². The summed E-state index contributed by atoms with van der Waals surface area (Å²) in [5.41, 5.74) is 2.79. The predicted molar refractivity (Wildman–Crippen MR) is 85.9 cm³/mol. The van der Waals surface area contributed by atoms with E-state index in [1.807, 2.05) is 12.1 Å². The molecule has 0 N–H and O–H groups in total. The van der Waals surface area contributed by atoms with Gasteiger partial charge in [-0.2, -0.15) is 10.9 Å². The highest BCUT2D eigenvalue weighted by Gasteiger charge is 2.23. The minimum absolute atomic E-state index is 0.174. The molecule has 2 heteroatoms. The van der Waals surface area contributed by atoms with E-state index in [0.29, 0.717) is 0 Å². The van der Waals surface area contributed by atoms with Gasteiger partial charge in [0.2, 0.25) is 0 Å². The Morgan fingerprint density at radius 1 is 0.667 bits per heavy atom. The third kappa shape index (κ3) is 2.16. The second kappa shape index (κ2) is 5.05. The Hall–Kier alpha value is -2.06. The largest absolute Gasteiger partial charge is 0.207 e. The Bertz CT molecular complexity index is 747. The lowest BCUT2D eigenvalue weighted by molar-refractivity contribution is 0.626. The zero-order valence-corrected chi connectivity index (χ0v) is 12.4. The van der Waals surface area contributed by atoms with Crippen LogP contribution in [0.4, 0.5) is 4.39 Å². The van der Waals surface area contributed by atoms with Crippen molar-refractivity contribution in [2.75, 3.05) is 0 Å². The van der Waals surface area contributed by atoms with Crippen molar-refractivity contribution < 1.29 is 4.39 Å². The zero-order valence-electron chi connectivity index (χ0n) is 11.5.